The molecule has 0 unspecified atom stereocenters. The largest absolute Gasteiger partial charge is 0.382 e. The fourth-order valence-electron chi connectivity index (χ4n) is 2.97. The van der Waals surface area contributed by atoms with Gasteiger partial charge in [-0.3, -0.25) is 9.20 Å². The lowest BCUT2D eigenvalue weighted by Gasteiger charge is -2.25. The van der Waals surface area contributed by atoms with E-state index in [9.17, 15) is 4.79 Å². The fraction of sp³-hybridized carbons (Fsp3) is 0.462. The van der Waals surface area contributed by atoms with Crippen molar-refractivity contribution in [2.24, 2.45) is 11.7 Å². The summed E-state index contributed by atoms with van der Waals surface area (Å²) in [6.45, 7) is 0. The molecule has 1 saturated carbocycles. The standard InChI is InChI=1S/C13H16IN5O/c14-10-9-11(15)17-5-6-19(9)13(18-10)8-3-1-7(2-4-8)12(16)20/h5-8H,1-4H2,(H2,15,17)(H2,16,20)/t7-,8-. The number of imidazole rings is 1. The maximum Gasteiger partial charge on any atom is 0.220 e. The summed E-state index contributed by atoms with van der Waals surface area (Å²) in [5, 5.41) is 0. The molecule has 2 aromatic rings. The highest BCUT2D eigenvalue weighted by Crippen LogP contribution is 2.36. The molecule has 0 atom stereocenters. The molecule has 20 heavy (non-hydrogen) atoms. The van der Waals surface area contributed by atoms with Crippen LogP contribution in [0, 0.1) is 9.62 Å². The van der Waals surface area contributed by atoms with Crippen molar-refractivity contribution in [3.8, 4) is 0 Å². The van der Waals surface area contributed by atoms with Crippen molar-refractivity contribution >= 4 is 39.8 Å². The smallest absolute Gasteiger partial charge is 0.220 e. The van der Waals surface area contributed by atoms with E-state index in [1.54, 1.807) is 6.20 Å². The van der Waals surface area contributed by atoms with Gasteiger partial charge in [0.05, 0.1) is 0 Å². The Kier molecular flexibility index (Phi) is 3.53. The average molecular weight is 385 g/mol. The van der Waals surface area contributed by atoms with Crippen LogP contribution in [0.4, 0.5) is 5.82 Å². The molecule has 1 aliphatic rings. The molecular weight excluding hydrogens is 369 g/mol. The molecule has 2 aromatic heterocycles. The molecule has 2 heterocycles. The van der Waals surface area contributed by atoms with Crippen LogP contribution in [-0.4, -0.2) is 20.3 Å². The van der Waals surface area contributed by atoms with Gasteiger partial charge in [-0.15, -0.1) is 0 Å². The Morgan fingerprint density at radius 1 is 1.35 bits per heavy atom. The quantitative estimate of drug-likeness (QED) is 0.769. The van der Waals surface area contributed by atoms with Crippen molar-refractivity contribution in [2.45, 2.75) is 31.6 Å². The van der Waals surface area contributed by atoms with Crippen LogP contribution in [0.5, 0.6) is 0 Å². The Morgan fingerprint density at radius 2 is 2.05 bits per heavy atom. The number of aromatic nitrogens is 3. The van der Waals surface area contributed by atoms with Gasteiger partial charge in [0.15, 0.2) is 5.82 Å². The van der Waals surface area contributed by atoms with Crippen LogP contribution in [0.1, 0.15) is 37.4 Å². The second kappa shape index (κ2) is 5.19. The number of amides is 1. The zero-order chi connectivity index (χ0) is 14.3. The van der Waals surface area contributed by atoms with Crippen LogP contribution in [0.3, 0.4) is 0 Å². The molecule has 1 amide bonds. The minimum absolute atomic E-state index is 0.0169. The lowest BCUT2D eigenvalue weighted by molar-refractivity contribution is -0.122. The molecule has 0 saturated heterocycles. The SMILES string of the molecule is Nc1nccn2c1c(I)nc2[C@H]1CC[C@H](C(N)=O)CC1. The highest BCUT2D eigenvalue weighted by Gasteiger charge is 2.28. The lowest BCUT2D eigenvalue weighted by Crippen LogP contribution is -2.27. The van der Waals surface area contributed by atoms with Crippen LogP contribution < -0.4 is 11.5 Å². The zero-order valence-electron chi connectivity index (χ0n) is 10.9. The van der Waals surface area contributed by atoms with Crippen LogP contribution in [-0.2, 0) is 4.79 Å². The van der Waals surface area contributed by atoms with Gasteiger partial charge in [-0.2, -0.15) is 0 Å². The number of hydrogen-bond donors (Lipinski definition) is 2. The third-order valence-electron chi connectivity index (χ3n) is 4.06. The van der Waals surface area contributed by atoms with Gasteiger partial charge in [0.2, 0.25) is 5.91 Å². The number of fused-ring (bicyclic) bond motifs is 1. The predicted molar refractivity (Wildman–Crippen MR) is 84.0 cm³/mol. The molecule has 7 heteroatoms. The Bertz CT molecular complexity index is 660. The average Bonchev–Trinajstić information content (AvgIpc) is 2.77. The van der Waals surface area contributed by atoms with Crippen molar-refractivity contribution in [3.63, 3.8) is 0 Å². The topological polar surface area (TPSA) is 99.3 Å². The van der Waals surface area contributed by atoms with Crippen LogP contribution in [0.2, 0.25) is 0 Å². The third kappa shape index (κ3) is 2.23. The molecule has 0 spiro atoms. The molecule has 0 aromatic carbocycles. The number of halogens is 1. The molecule has 106 valence electrons. The Morgan fingerprint density at radius 3 is 2.70 bits per heavy atom. The number of rotatable bonds is 2. The minimum atomic E-state index is -0.181. The minimum Gasteiger partial charge on any atom is -0.382 e. The van der Waals surface area contributed by atoms with Gasteiger partial charge in [0.1, 0.15) is 15.0 Å². The Hall–Kier alpha value is -1.38. The first-order valence-corrected chi connectivity index (χ1v) is 7.73. The second-order valence-electron chi connectivity index (χ2n) is 5.24. The van der Waals surface area contributed by atoms with E-state index < -0.39 is 0 Å². The number of carbonyl (C=O) groups is 1. The molecule has 3 rings (SSSR count). The molecule has 1 fully saturated rings. The first kappa shape index (κ1) is 13.6. The summed E-state index contributed by atoms with van der Waals surface area (Å²) in [6, 6.07) is 0. The summed E-state index contributed by atoms with van der Waals surface area (Å²) in [6.07, 6.45) is 7.14. The van der Waals surface area contributed by atoms with E-state index in [4.69, 9.17) is 11.5 Å². The first-order chi connectivity index (χ1) is 9.58. The number of hydrogen-bond acceptors (Lipinski definition) is 4. The molecule has 0 aliphatic heterocycles. The number of anilines is 1. The maximum absolute atomic E-state index is 11.2. The third-order valence-corrected chi connectivity index (χ3v) is 4.81. The Balaban J connectivity index is 1.92. The number of carbonyl (C=O) groups excluding carboxylic acids is 1. The highest BCUT2D eigenvalue weighted by molar-refractivity contribution is 14.1. The summed E-state index contributed by atoms with van der Waals surface area (Å²) in [5.41, 5.74) is 12.2. The summed E-state index contributed by atoms with van der Waals surface area (Å²) in [4.78, 5) is 20.0. The van der Waals surface area contributed by atoms with Gasteiger partial charge in [0.25, 0.3) is 0 Å². The molecule has 6 nitrogen and oxygen atoms in total. The summed E-state index contributed by atoms with van der Waals surface area (Å²) < 4.78 is 2.90. The normalized spacial score (nSPS) is 23.1. The molecule has 0 radical (unpaired) electrons. The zero-order valence-corrected chi connectivity index (χ0v) is 13.1. The monoisotopic (exact) mass is 385 g/mol. The van der Waals surface area contributed by atoms with Gasteiger partial charge < -0.3 is 11.5 Å². The van der Waals surface area contributed by atoms with E-state index in [0.717, 1.165) is 40.7 Å². The van der Waals surface area contributed by atoms with Gasteiger partial charge in [-0.1, -0.05) is 0 Å². The van der Waals surface area contributed by atoms with Gasteiger partial charge in [0, 0.05) is 24.2 Å². The van der Waals surface area contributed by atoms with Gasteiger partial charge in [-0.25, -0.2) is 9.97 Å². The summed E-state index contributed by atoms with van der Waals surface area (Å²) in [7, 11) is 0. The molecule has 0 bridgehead atoms. The van der Waals surface area contributed by atoms with E-state index in [1.165, 1.54) is 0 Å². The van der Waals surface area contributed by atoms with E-state index in [0.29, 0.717) is 11.7 Å². The first-order valence-electron chi connectivity index (χ1n) is 6.65. The Labute approximate surface area is 130 Å². The lowest BCUT2D eigenvalue weighted by atomic mass is 9.81. The van der Waals surface area contributed by atoms with Crippen molar-refractivity contribution < 1.29 is 4.79 Å². The fourth-order valence-corrected chi connectivity index (χ4v) is 3.75. The molecule has 1 aliphatic carbocycles. The van der Waals surface area contributed by atoms with E-state index >= 15 is 0 Å². The van der Waals surface area contributed by atoms with Crippen molar-refractivity contribution in [2.75, 3.05) is 5.73 Å². The second-order valence-corrected chi connectivity index (χ2v) is 6.26. The van der Waals surface area contributed by atoms with Crippen LogP contribution in [0.15, 0.2) is 12.4 Å². The summed E-state index contributed by atoms with van der Waals surface area (Å²) in [5.74, 6) is 1.70. The van der Waals surface area contributed by atoms with Crippen molar-refractivity contribution in [1.29, 1.82) is 0 Å². The molecule has 4 N–H and O–H groups in total. The van der Waals surface area contributed by atoms with E-state index in [-0.39, 0.29) is 11.8 Å². The van der Waals surface area contributed by atoms with Gasteiger partial charge >= 0.3 is 0 Å². The van der Waals surface area contributed by atoms with Crippen molar-refractivity contribution in [1.82, 2.24) is 14.4 Å². The number of primary amides is 1. The number of nitrogens with two attached hydrogens (primary N) is 2. The highest BCUT2D eigenvalue weighted by atomic mass is 127. The summed E-state index contributed by atoms with van der Waals surface area (Å²) >= 11 is 2.19. The van der Waals surface area contributed by atoms with E-state index in [2.05, 4.69) is 32.6 Å². The number of nitrogens with zero attached hydrogens (tertiary/aromatic N) is 3. The van der Waals surface area contributed by atoms with E-state index in [1.807, 2.05) is 10.6 Å². The van der Waals surface area contributed by atoms with Gasteiger partial charge in [-0.05, 0) is 48.3 Å². The van der Waals surface area contributed by atoms with Crippen LogP contribution in [0.25, 0.3) is 5.52 Å². The van der Waals surface area contributed by atoms with Crippen molar-refractivity contribution in [3.05, 3.63) is 21.9 Å². The molecular formula is C13H16IN5O. The predicted octanol–water partition coefficient (Wildman–Crippen LogP) is 1.68. The van der Waals surface area contributed by atoms with Crippen LogP contribution >= 0.6 is 22.6 Å². The number of nitrogen functional groups attached to an aromatic ring is 1. The maximum atomic E-state index is 11.2.